The van der Waals surface area contributed by atoms with Crippen molar-refractivity contribution in [3.8, 4) is 0 Å². The van der Waals surface area contributed by atoms with Crippen molar-refractivity contribution in [2.45, 2.75) is 64.8 Å². The van der Waals surface area contributed by atoms with Crippen LogP contribution in [-0.2, 0) is 16.8 Å². The normalized spacial score (nSPS) is 14.6. The summed E-state index contributed by atoms with van der Waals surface area (Å²) in [6, 6.07) is 0.824. The lowest BCUT2D eigenvalue weighted by molar-refractivity contribution is 0.207. The first-order chi connectivity index (χ1) is 9.24. The van der Waals surface area contributed by atoms with Gasteiger partial charge in [-0.15, -0.1) is 0 Å². The fraction of sp³-hybridized carbons (Fsp3) is 1.00. The van der Waals surface area contributed by atoms with Gasteiger partial charge in [0.15, 0.2) is 16.6 Å². The van der Waals surface area contributed by atoms with Gasteiger partial charge in [-0.25, -0.2) is 0 Å². The van der Waals surface area contributed by atoms with Crippen LogP contribution in [0.15, 0.2) is 0 Å². The van der Waals surface area contributed by atoms with E-state index in [0.717, 1.165) is 18.2 Å². The standard InChI is InChI=1S/C12H34O4SSi4/c1-13-20(8,9)16-21(12-10-11-17,14-18(2,3)4)15-19(5,6)7/h17H,10-12H2,1-9H3. The third-order valence-electron chi connectivity index (χ3n) is 2.46. The van der Waals surface area contributed by atoms with E-state index in [4.69, 9.17) is 16.8 Å². The summed E-state index contributed by atoms with van der Waals surface area (Å²) in [6.07, 6.45) is 0.943. The van der Waals surface area contributed by atoms with Gasteiger partial charge in [0.1, 0.15) is 0 Å². The number of rotatable bonds is 10. The first kappa shape index (κ1) is 22.1. The van der Waals surface area contributed by atoms with Crippen LogP contribution in [0.5, 0.6) is 0 Å². The molecule has 0 aromatic rings. The van der Waals surface area contributed by atoms with Gasteiger partial charge >= 0.3 is 17.4 Å². The second-order valence-corrected chi connectivity index (χ2v) is 24.1. The second-order valence-electron chi connectivity index (χ2n) is 7.65. The minimum Gasteiger partial charge on any atom is -0.417 e. The van der Waals surface area contributed by atoms with E-state index in [9.17, 15) is 0 Å². The molecule has 0 aliphatic heterocycles. The average Bonchev–Trinajstić information content (AvgIpc) is 2.20. The Morgan fingerprint density at radius 3 is 1.48 bits per heavy atom. The molecule has 4 nitrogen and oxygen atoms in total. The Kier molecular flexibility index (Phi) is 8.66. The Morgan fingerprint density at radius 2 is 1.19 bits per heavy atom. The summed E-state index contributed by atoms with van der Waals surface area (Å²) < 4.78 is 25.1. The zero-order valence-corrected chi connectivity index (χ0v) is 20.1. The third kappa shape index (κ3) is 10.4. The van der Waals surface area contributed by atoms with Crippen LogP contribution >= 0.6 is 12.6 Å². The molecule has 0 aromatic heterocycles. The molecule has 0 amide bonds. The van der Waals surface area contributed by atoms with Crippen LogP contribution in [0.1, 0.15) is 6.42 Å². The molecule has 0 saturated heterocycles. The maximum absolute atomic E-state index is 6.53. The van der Waals surface area contributed by atoms with Gasteiger partial charge in [-0.3, -0.25) is 0 Å². The summed E-state index contributed by atoms with van der Waals surface area (Å²) in [7, 11) is -6.81. The summed E-state index contributed by atoms with van der Waals surface area (Å²) in [5.41, 5.74) is 0. The van der Waals surface area contributed by atoms with Crippen molar-refractivity contribution < 1.29 is 16.8 Å². The van der Waals surface area contributed by atoms with Gasteiger partial charge in [-0.05, 0) is 64.5 Å². The van der Waals surface area contributed by atoms with Crippen LogP contribution in [0.4, 0.5) is 0 Å². The predicted molar refractivity (Wildman–Crippen MR) is 103 cm³/mol. The molecule has 0 rings (SSSR count). The van der Waals surface area contributed by atoms with E-state index < -0.39 is 34.0 Å². The molecule has 0 fully saturated rings. The molecule has 0 bridgehead atoms. The van der Waals surface area contributed by atoms with E-state index in [0.29, 0.717) is 0 Å². The molecule has 0 radical (unpaired) electrons. The number of hydrogen-bond donors (Lipinski definition) is 1. The van der Waals surface area contributed by atoms with Crippen molar-refractivity contribution >= 4 is 46.6 Å². The summed E-state index contributed by atoms with van der Waals surface area (Å²) in [5.74, 6) is 0.817. The number of hydrogen-bond acceptors (Lipinski definition) is 5. The highest BCUT2D eigenvalue weighted by Crippen LogP contribution is 2.30. The van der Waals surface area contributed by atoms with Crippen LogP contribution < -0.4 is 0 Å². The van der Waals surface area contributed by atoms with E-state index in [-0.39, 0.29) is 0 Å². The van der Waals surface area contributed by atoms with Crippen molar-refractivity contribution in [2.24, 2.45) is 0 Å². The van der Waals surface area contributed by atoms with Gasteiger partial charge in [-0.1, -0.05) is 0 Å². The average molecular weight is 387 g/mol. The molecule has 0 aliphatic rings. The van der Waals surface area contributed by atoms with Crippen LogP contribution in [0.3, 0.4) is 0 Å². The van der Waals surface area contributed by atoms with E-state index in [1.54, 1.807) is 7.11 Å². The molecule has 128 valence electrons. The number of thiol groups is 1. The van der Waals surface area contributed by atoms with Crippen molar-refractivity contribution in [3.63, 3.8) is 0 Å². The van der Waals surface area contributed by atoms with Gasteiger partial charge < -0.3 is 16.8 Å². The van der Waals surface area contributed by atoms with Crippen molar-refractivity contribution in [3.05, 3.63) is 0 Å². The quantitative estimate of drug-likeness (QED) is 0.448. The summed E-state index contributed by atoms with van der Waals surface area (Å²) >= 11 is 4.35. The molecule has 0 atom stereocenters. The largest absolute Gasteiger partial charge is 0.471 e. The van der Waals surface area contributed by atoms with Crippen LogP contribution in [0.2, 0.25) is 58.4 Å². The van der Waals surface area contributed by atoms with Crippen LogP contribution in [0.25, 0.3) is 0 Å². The SMILES string of the molecule is CO[Si](C)(C)O[Si](CCCS)(O[Si](C)(C)C)O[Si](C)(C)C. The third-order valence-corrected chi connectivity index (χ3v) is 15.3. The first-order valence-corrected chi connectivity index (χ1v) is 19.7. The summed E-state index contributed by atoms with van der Waals surface area (Å²) in [5, 5.41) is 0. The molecular weight excluding hydrogens is 353 g/mol. The van der Waals surface area contributed by atoms with Gasteiger partial charge in [0.2, 0.25) is 0 Å². The van der Waals surface area contributed by atoms with Gasteiger partial charge in [0.25, 0.3) is 0 Å². The Labute approximate surface area is 141 Å². The minimum atomic E-state index is -2.73. The molecule has 0 aliphatic carbocycles. The Hall–Kier alpha value is 1.06. The lowest BCUT2D eigenvalue weighted by atomic mass is 10.6. The topological polar surface area (TPSA) is 36.9 Å². The molecule has 0 aromatic carbocycles. The lowest BCUT2D eigenvalue weighted by Gasteiger charge is -2.42. The molecule has 21 heavy (non-hydrogen) atoms. The van der Waals surface area contributed by atoms with Gasteiger partial charge in [0.05, 0.1) is 0 Å². The van der Waals surface area contributed by atoms with Crippen molar-refractivity contribution in [2.75, 3.05) is 12.9 Å². The highest BCUT2D eigenvalue weighted by atomic mass is 32.1. The highest BCUT2D eigenvalue weighted by molar-refractivity contribution is 7.80. The molecule has 0 N–H and O–H groups in total. The zero-order valence-electron chi connectivity index (χ0n) is 15.2. The maximum atomic E-state index is 6.53. The second kappa shape index (κ2) is 8.24. The van der Waals surface area contributed by atoms with Crippen LogP contribution in [0, 0.1) is 0 Å². The maximum Gasteiger partial charge on any atom is 0.471 e. The first-order valence-electron chi connectivity index (χ1n) is 7.51. The van der Waals surface area contributed by atoms with Gasteiger partial charge in [0, 0.05) is 13.2 Å². The summed E-state index contributed by atoms with van der Waals surface area (Å²) in [4.78, 5) is 0. The lowest BCUT2D eigenvalue weighted by Crippen LogP contribution is -2.61. The van der Waals surface area contributed by atoms with Crippen molar-refractivity contribution in [1.29, 1.82) is 0 Å². The van der Waals surface area contributed by atoms with E-state index in [1.807, 2.05) is 0 Å². The smallest absolute Gasteiger partial charge is 0.417 e. The highest BCUT2D eigenvalue weighted by Gasteiger charge is 2.50. The summed E-state index contributed by atoms with van der Waals surface area (Å²) in [6.45, 7) is 17.2. The molecule has 0 unspecified atom stereocenters. The van der Waals surface area contributed by atoms with Crippen molar-refractivity contribution in [1.82, 2.24) is 0 Å². The Bertz CT molecular complexity index is 299. The predicted octanol–water partition coefficient (Wildman–Crippen LogP) is 4.31. The molecule has 0 spiro atoms. The minimum absolute atomic E-state index is 0.817. The Balaban J connectivity index is 5.48. The monoisotopic (exact) mass is 386 g/mol. The van der Waals surface area contributed by atoms with Gasteiger partial charge in [-0.2, -0.15) is 12.6 Å². The zero-order chi connectivity index (χ0) is 16.9. The molecule has 0 heterocycles. The Morgan fingerprint density at radius 1 is 0.762 bits per heavy atom. The van der Waals surface area contributed by atoms with E-state index in [1.165, 1.54) is 0 Å². The molecule has 0 saturated carbocycles. The van der Waals surface area contributed by atoms with E-state index in [2.05, 4.69) is 65.0 Å². The molecular formula is C12H34O4SSi4. The van der Waals surface area contributed by atoms with Crippen LogP contribution in [-0.4, -0.2) is 46.9 Å². The molecule has 9 heteroatoms. The fourth-order valence-electron chi connectivity index (χ4n) is 1.86. The fourth-order valence-corrected chi connectivity index (χ4v) is 16.6. The van der Waals surface area contributed by atoms with E-state index >= 15 is 0 Å².